The van der Waals surface area contributed by atoms with Gasteiger partial charge < -0.3 is 14.8 Å². The first kappa shape index (κ1) is 17.4. The number of rotatable bonds is 7. The standard InChI is InChI=1S/C16H18N2O4/c1-3-22-16(20)13-6-4-12(5-7-13)10-14(11-17)15(19)18-8-9-21-2/h4-7,10H,3,8-9H2,1-2H3,(H,18,19)/b14-10+. The summed E-state index contributed by atoms with van der Waals surface area (Å²) in [7, 11) is 1.53. The Morgan fingerprint density at radius 2 is 2.00 bits per heavy atom. The van der Waals surface area contributed by atoms with Gasteiger partial charge in [-0.3, -0.25) is 4.79 Å². The van der Waals surface area contributed by atoms with E-state index in [4.69, 9.17) is 14.7 Å². The minimum atomic E-state index is -0.464. The third-order valence-electron chi connectivity index (χ3n) is 2.69. The summed E-state index contributed by atoms with van der Waals surface area (Å²) in [5.74, 6) is -0.870. The van der Waals surface area contributed by atoms with Crippen molar-refractivity contribution in [1.82, 2.24) is 5.32 Å². The summed E-state index contributed by atoms with van der Waals surface area (Å²) in [6.45, 7) is 2.74. The summed E-state index contributed by atoms with van der Waals surface area (Å²) in [5, 5.41) is 11.6. The van der Waals surface area contributed by atoms with Crippen LogP contribution >= 0.6 is 0 Å². The average Bonchev–Trinajstić information content (AvgIpc) is 2.53. The number of methoxy groups -OCH3 is 1. The zero-order chi connectivity index (χ0) is 16.4. The van der Waals surface area contributed by atoms with Crippen LogP contribution in [0.15, 0.2) is 29.8 Å². The molecule has 0 bridgehead atoms. The van der Waals surface area contributed by atoms with Crippen LogP contribution in [0.3, 0.4) is 0 Å². The normalized spacial score (nSPS) is 10.7. The van der Waals surface area contributed by atoms with Crippen molar-refractivity contribution in [3.63, 3.8) is 0 Å². The van der Waals surface area contributed by atoms with Crippen LogP contribution in [0.5, 0.6) is 0 Å². The van der Waals surface area contributed by atoms with Gasteiger partial charge in [-0.05, 0) is 30.7 Å². The van der Waals surface area contributed by atoms with Gasteiger partial charge in [0, 0.05) is 13.7 Å². The van der Waals surface area contributed by atoms with Gasteiger partial charge in [-0.1, -0.05) is 12.1 Å². The molecule has 1 N–H and O–H groups in total. The predicted octanol–water partition coefficient (Wildman–Crippen LogP) is 1.53. The summed E-state index contributed by atoms with van der Waals surface area (Å²) in [5.41, 5.74) is 1.05. The molecule has 0 radical (unpaired) electrons. The van der Waals surface area contributed by atoms with Gasteiger partial charge in [0.15, 0.2) is 0 Å². The molecule has 116 valence electrons. The van der Waals surface area contributed by atoms with E-state index in [2.05, 4.69) is 5.32 Å². The molecule has 0 saturated carbocycles. The number of carbonyl (C=O) groups is 2. The number of esters is 1. The van der Waals surface area contributed by atoms with Crippen LogP contribution in [-0.2, 0) is 14.3 Å². The molecular weight excluding hydrogens is 284 g/mol. The third-order valence-corrected chi connectivity index (χ3v) is 2.69. The number of nitrogens with zero attached hydrogens (tertiary/aromatic N) is 1. The second kappa shape index (κ2) is 9.32. The van der Waals surface area contributed by atoms with E-state index < -0.39 is 11.9 Å². The molecule has 0 atom stereocenters. The highest BCUT2D eigenvalue weighted by Crippen LogP contribution is 2.10. The van der Waals surface area contributed by atoms with Crippen molar-refractivity contribution in [3.05, 3.63) is 41.0 Å². The average molecular weight is 302 g/mol. The molecule has 1 rings (SSSR count). The first-order chi connectivity index (χ1) is 10.6. The highest BCUT2D eigenvalue weighted by atomic mass is 16.5. The van der Waals surface area contributed by atoms with E-state index in [9.17, 15) is 9.59 Å². The van der Waals surface area contributed by atoms with Crippen molar-refractivity contribution in [1.29, 1.82) is 5.26 Å². The molecule has 22 heavy (non-hydrogen) atoms. The molecule has 1 aromatic carbocycles. The van der Waals surface area contributed by atoms with Crippen LogP contribution in [0.1, 0.15) is 22.8 Å². The number of carbonyl (C=O) groups excluding carboxylic acids is 2. The Morgan fingerprint density at radius 3 is 2.55 bits per heavy atom. The van der Waals surface area contributed by atoms with Crippen LogP contribution in [0.2, 0.25) is 0 Å². The van der Waals surface area contributed by atoms with Crippen LogP contribution in [-0.4, -0.2) is 38.7 Å². The fourth-order valence-corrected chi connectivity index (χ4v) is 1.61. The fourth-order valence-electron chi connectivity index (χ4n) is 1.61. The number of amides is 1. The van der Waals surface area contributed by atoms with E-state index in [1.54, 1.807) is 31.2 Å². The summed E-state index contributed by atoms with van der Waals surface area (Å²) in [4.78, 5) is 23.3. The Labute approximate surface area is 129 Å². The van der Waals surface area contributed by atoms with Crippen molar-refractivity contribution < 1.29 is 19.1 Å². The summed E-state index contributed by atoms with van der Waals surface area (Å²) < 4.78 is 9.70. The summed E-state index contributed by atoms with van der Waals surface area (Å²) in [6, 6.07) is 8.31. The van der Waals surface area contributed by atoms with Crippen molar-refractivity contribution in [2.75, 3.05) is 26.9 Å². The van der Waals surface area contributed by atoms with Gasteiger partial charge in [0.1, 0.15) is 11.6 Å². The number of benzene rings is 1. The molecular formula is C16H18N2O4. The van der Waals surface area contributed by atoms with Gasteiger partial charge in [0.05, 0.1) is 18.8 Å². The Kier molecular flexibility index (Phi) is 7.37. The number of hydrogen-bond acceptors (Lipinski definition) is 5. The number of nitriles is 1. The molecule has 0 aliphatic rings. The molecule has 0 saturated heterocycles. The molecule has 0 spiro atoms. The Morgan fingerprint density at radius 1 is 1.32 bits per heavy atom. The monoisotopic (exact) mass is 302 g/mol. The van der Waals surface area contributed by atoms with Gasteiger partial charge in [0.2, 0.25) is 0 Å². The number of hydrogen-bond donors (Lipinski definition) is 1. The smallest absolute Gasteiger partial charge is 0.338 e. The predicted molar refractivity (Wildman–Crippen MR) is 80.9 cm³/mol. The lowest BCUT2D eigenvalue weighted by molar-refractivity contribution is -0.117. The number of nitrogens with one attached hydrogen (secondary N) is 1. The second-order valence-electron chi connectivity index (χ2n) is 4.26. The van der Waals surface area contributed by atoms with Crippen LogP contribution in [0, 0.1) is 11.3 Å². The van der Waals surface area contributed by atoms with Gasteiger partial charge in [-0.15, -0.1) is 0 Å². The lowest BCUT2D eigenvalue weighted by atomic mass is 10.1. The lowest BCUT2D eigenvalue weighted by Crippen LogP contribution is -2.27. The van der Waals surface area contributed by atoms with Gasteiger partial charge in [-0.25, -0.2) is 4.79 Å². The van der Waals surface area contributed by atoms with E-state index in [1.165, 1.54) is 13.2 Å². The summed E-state index contributed by atoms with van der Waals surface area (Å²) in [6.07, 6.45) is 1.46. The Bertz CT molecular complexity index is 585. The third kappa shape index (κ3) is 5.38. The first-order valence-corrected chi connectivity index (χ1v) is 6.78. The minimum Gasteiger partial charge on any atom is -0.462 e. The first-order valence-electron chi connectivity index (χ1n) is 6.78. The molecule has 0 aromatic heterocycles. The van der Waals surface area contributed by atoms with Crippen molar-refractivity contribution in [2.24, 2.45) is 0 Å². The maximum atomic E-state index is 11.8. The molecule has 1 amide bonds. The van der Waals surface area contributed by atoms with E-state index in [-0.39, 0.29) is 5.57 Å². The maximum absolute atomic E-state index is 11.8. The van der Waals surface area contributed by atoms with Crippen molar-refractivity contribution >= 4 is 18.0 Å². The SMILES string of the molecule is CCOC(=O)c1ccc(/C=C(\C#N)C(=O)NCCOC)cc1. The van der Waals surface area contributed by atoms with Crippen molar-refractivity contribution in [3.8, 4) is 6.07 Å². The molecule has 0 aliphatic heterocycles. The zero-order valence-corrected chi connectivity index (χ0v) is 12.6. The quantitative estimate of drug-likeness (QED) is 0.357. The molecule has 0 fully saturated rings. The molecule has 0 aliphatic carbocycles. The second-order valence-corrected chi connectivity index (χ2v) is 4.26. The molecule has 0 unspecified atom stereocenters. The van der Waals surface area contributed by atoms with Crippen LogP contribution in [0.25, 0.3) is 6.08 Å². The lowest BCUT2D eigenvalue weighted by Gasteiger charge is -2.04. The Hall–Kier alpha value is -2.65. The van der Waals surface area contributed by atoms with E-state index >= 15 is 0 Å². The van der Waals surface area contributed by atoms with E-state index in [0.717, 1.165) is 0 Å². The van der Waals surface area contributed by atoms with E-state index in [0.29, 0.717) is 30.9 Å². The largest absolute Gasteiger partial charge is 0.462 e. The molecule has 0 heterocycles. The Balaban J connectivity index is 2.79. The highest BCUT2D eigenvalue weighted by Gasteiger charge is 2.09. The minimum absolute atomic E-state index is 0.0139. The van der Waals surface area contributed by atoms with Gasteiger partial charge in [0.25, 0.3) is 5.91 Å². The van der Waals surface area contributed by atoms with Crippen LogP contribution in [0.4, 0.5) is 0 Å². The topological polar surface area (TPSA) is 88.4 Å². The van der Waals surface area contributed by atoms with Crippen LogP contribution < -0.4 is 5.32 Å². The molecule has 1 aromatic rings. The molecule has 6 nitrogen and oxygen atoms in total. The van der Waals surface area contributed by atoms with Crippen molar-refractivity contribution in [2.45, 2.75) is 6.92 Å². The number of ether oxygens (including phenoxy) is 2. The molecule has 6 heteroatoms. The van der Waals surface area contributed by atoms with Gasteiger partial charge >= 0.3 is 5.97 Å². The fraction of sp³-hybridized carbons (Fsp3) is 0.312. The summed E-state index contributed by atoms with van der Waals surface area (Å²) >= 11 is 0. The zero-order valence-electron chi connectivity index (χ0n) is 12.6. The van der Waals surface area contributed by atoms with Gasteiger partial charge in [-0.2, -0.15) is 5.26 Å². The maximum Gasteiger partial charge on any atom is 0.338 e. The van der Waals surface area contributed by atoms with E-state index in [1.807, 2.05) is 6.07 Å². The highest BCUT2D eigenvalue weighted by molar-refractivity contribution is 6.01.